The molecule has 0 atom stereocenters. The number of hydrogen-bond donors (Lipinski definition) is 1. The first kappa shape index (κ1) is 15.8. The lowest BCUT2D eigenvalue weighted by Crippen LogP contribution is -2.31. The Morgan fingerprint density at radius 3 is 2.10 bits per heavy atom. The van der Waals surface area contributed by atoms with E-state index in [0.29, 0.717) is 5.95 Å². The number of anilines is 3. The van der Waals surface area contributed by atoms with E-state index in [1.807, 2.05) is 7.05 Å². The van der Waals surface area contributed by atoms with Crippen molar-refractivity contribution in [2.45, 2.75) is 40.0 Å². The SMILES string of the molecule is CCCN(CC1CC1)c1nc(NC)nc(N(CC)CC)n1. The molecule has 1 saturated carbocycles. The van der Waals surface area contributed by atoms with Crippen molar-refractivity contribution in [2.24, 2.45) is 5.92 Å². The minimum absolute atomic E-state index is 0.652. The van der Waals surface area contributed by atoms with E-state index in [1.54, 1.807) is 0 Å². The Kier molecular flexibility index (Phi) is 5.59. The van der Waals surface area contributed by atoms with E-state index in [4.69, 9.17) is 4.98 Å². The zero-order chi connectivity index (χ0) is 15.2. The summed E-state index contributed by atoms with van der Waals surface area (Å²) in [6.07, 6.45) is 3.79. The van der Waals surface area contributed by atoms with Crippen molar-refractivity contribution in [2.75, 3.05) is 48.3 Å². The summed E-state index contributed by atoms with van der Waals surface area (Å²) in [5.74, 6) is 3.05. The van der Waals surface area contributed by atoms with Gasteiger partial charge in [-0.15, -0.1) is 0 Å². The third-order valence-electron chi connectivity index (χ3n) is 3.83. The van der Waals surface area contributed by atoms with Crippen LogP contribution < -0.4 is 15.1 Å². The molecule has 6 heteroatoms. The second-order valence-electron chi connectivity index (χ2n) is 5.57. The summed E-state index contributed by atoms with van der Waals surface area (Å²) in [5, 5.41) is 3.06. The van der Waals surface area contributed by atoms with Crippen LogP contribution in [0.1, 0.15) is 40.0 Å². The number of aromatic nitrogens is 3. The summed E-state index contributed by atoms with van der Waals surface area (Å²) < 4.78 is 0. The summed E-state index contributed by atoms with van der Waals surface area (Å²) in [6.45, 7) is 10.3. The van der Waals surface area contributed by atoms with Gasteiger partial charge in [-0.25, -0.2) is 0 Å². The van der Waals surface area contributed by atoms with Gasteiger partial charge in [0.25, 0.3) is 0 Å². The molecule has 0 amide bonds. The first-order valence-electron chi connectivity index (χ1n) is 8.15. The molecule has 1 aromatic rings. The van der Waals surface area contributed by atoms with Gasteiger partial charge in [-0.05, 0) is 39.0 Å². The van der Waals surface area contributed by atoms with Crippen LogP contribution in [0.3, 0.4) is 0 Å². The third kappa shape index (κ3) is 4.19. The molecule has 0 radical (unpaired) electrons. The summed E-state index contributed by atoms with van der Waals surface area (Å²) in [7, 11) is 1.86. The second kappa shape index (κ2) is 7.43. The molecule has 1 aliphatic carbocycles. The zero-order valence-electron chi connectivity index (χ0n) is 13.8. The Hall–Kier alpha value is -1.59. The predicted molar refractivity (Wildman–Crippen MR) is 88.2 cm³/mol. The molecular formula is C15H28N6. The quantitative estimate of drug-likeness (QED) is 0.754. The van der Waals surface area contributed by atoms with Gasteiger partial charge in [0, 0.05) is 33.2 Å². The number of hydrogen-bond acceptors (Lipinski definition) is 6. The van der Waals surface area contributed by atoms with E-state index in [2.05, 4.69) is 45.9 Å². The van der Waals surface area contributed by atoms with Gasteiger partial charge in [-0.2, -0.15) is 15.0 Å². The first-order valence-corrected chi connectivity index (χ1v) is 8.15. The predicted octanol–water partition coefficient (Wildman–Crippen LogP) is 2.39. The van der Waals surface area contributed by atoms with Crippen molar-refractivity contribution >= 4 is 17.8 Å². The van der Waals surface area contributed by atoms with Gasteiger partial charge in [-0.3, -0.25) is 0 Å². The molecule has 0 aromatic carbocycles. The normalized spacial score (nSPS) is 14.1. The lowest BCUT2D eigenvalue weighted by atomic mass is 10.3. The molecule has 0 bridgehead atoms. The molecule has 0 spiro atoms. The smallest absolute Gasteiger partial charge is 0.231 e. The number of rotatable bonds is 9. The molecule has 0 aliphatic heterocycles. The summed E-state index contributed by atoms with van der Waals surface area (Å²) >= 11 is 0. The lowest BCUT2D eigenvalue weighted by molar-refractivity contribution is 0.683. The molecule has 118 valence electrons. The van der Waals surface area contributed by atoms with E-state index in [9.17, 15) is 0 Å². The molecule has 1 N–H and O–H groups in total. The summed E-state index contributed by atoms with van der Waals surface area (Å²) in [5.41, 5.74) is 0. The zero-order valence-corrected chi connectivity index (χ0v) is 13.8. The van der Waals surface area contributed by atoms with Crippen LogP contribution in [-0.4, -0.2) is 48.2 Å². The molecule has 2 rings (SSSR count). The molecule has 1 fully saturated rings. The fraction of sp³-hybridized carbons (Fsp3) is 0.800. The van der Waals surface area contributed by atoms with Crippen LogP contribution in [0, 0.1) is 5.92 Å². The fourth-order valence-electron chi connectivity index (χ4n) is 2.41. The molecule has 1 aromatic heterocycles. The molecule has 21 heavy (non-hydrogen) atoms. The van der Waals surface area contributed by atoms with Crippen molar-refractivity contribution in [1.29, 1.82) is 0 Å². The lowest BCUT2D eigenvalue weighted by Gasteiger charge is -2.25. The van der Waals surface area contributed by atoms with Gasteiger partial charge in [0.05, 0.1) is 0 Å². The molecule has 0 saturated heterocycles. The van der Waals surface area contributed by atoms with Gasteiger partial charge in [-0.1, -0.05) is 6.92 Å². The Bertz CT molecular complexity index is 442. The molecule has 1 heterocycles. The molecule has 1 aliphatic rings. The minimum Gasteiger partial charge on any atom is -0.357 e. The Morgan fingerprint density at radius 2 is 1.62 bits per heavy atom. The Morgan fingerprint density at radius 1 is 1.00 bits per heavy atom. The maximum absolute atomic E-state index is 4.71. The van der Waals surface area contributed by atoms with Gasteiger partial charge in [0.15, 0.2) is 0 Å². The van der Waals surface area contributed by atoms with Gasteiger partial charge < -0.3 is 15.1 Å². The highest BCUT2D eigenvalue weighted by atomic mass is 15.4. The third-order valence-corrected chi connectivity index (χ3v) is 3.83. The number of nitrogens with zero attached hydrogens (tertiary/aromatic N) is 5. The van der Waals surface area contributed by atoms with Crippen LogP contribution in [0.4, 0.5) is 17.8 Å². The standard InChI is InChI=1S/C15H28N6/c1-5-10-21(11-12-8-9-12)15-18-13(16-4)17-14(19-15)20(6-2)7-3/h12H,5-11H2,1-4H3,(H,16,17,18,19). The monoisotopic (exact) mass is 292 g/mol. The minimum atomic E-state index is 0.652. The maximum Gasteiger partial charge on any atom is 0.231 e. The van der Waals surface area contributed by atoms with E-state index in [1.165, 1.54) is 12.8 Å². The van der Waals surface area contributed by atoms with Crippen molar-refractivity contribution in [3.63, 3.8) is 0 Å². The molecular weight excluding hydrogens is 264 g/mol. The van der Waals surface area contributed by atoms with Crippen LogP contribution >= 0.6 is 0 Å². The van der Waals surface area contributed by atoms with E-state index in [0.717, 1.165) is 50.4 Å². The average Bonchev–Trinajstić information content (AvgIpc) is 3.32. The van der Waals surface area contributed by atoms with Crippen molar-refractivity contribution < 1.29 is 0 Å². The van der Waals surface area contributed by atoms with Gasteiger partial charge in [0.1, 0.15) is 0 Å². The maximum atomic E-state index is 4.71. The van der Waals surface area contributed by atoms with Gasteiger partial charge >= 0.3 is 0 Å². The van der Waals surface area contributed by atoms with Crippen LogP contribution in [-0.2, 0) is 0 Å². The number of nitrogens with one attached hydrogen (secondary N) is 1. The second-order valence-corrected chi connectivity index (χ2v) is 5.57. The van der Waals surface area contributed by atoms with Crippen LogP contribution in [0.2, 0.25) is 0 Å². The van der Waals surface area contributed by atoms with Crippen molar-refractivity contribution in [1.82, 2.24) is 15.0 Å². The molecule has 6 nitrogen and oxygen atoms in total. The van der Waals surface area contributed by atoms with Crippen molar-refractivity contribution in [3.05, 3.63) is 0 Å². The van der Waals surface area contributed by atoms with Crippen molar-refractivity contribution in [3.8, 4) is 0 Å². The average molecular weight is 292 g/mol. The Balaban J connectivity index is 2.28. The Labute approximate surface area is 128 Å². The highest BCUT2D eigenvalue weighted by Gasteiger charge is 2.26. The summed E-state index contributed by atoms with van der Waals surface area (Å²) in [4.78, 5) is 18.3. The largest absolute Gasteiger partial charge is 0.357 e. The topological polar surface area (TPSA) is 57.2 Å². The first-order chi connectivity index (χ1) is 10.2. The van der Waals surface area contributed by atoms with Crippen LogP contribution in [0.25, 0.3) is 0 Å². The van der Waals surface area contributed by atoms with Crippen LogP contribution in [0.5, 0.6) is 0 Å². The highest BCUT2D eigenvalue weighted by molar-refractivity contribution is 5.45. The van der Waals surface area contributed by atoms with E-state index >= 15 is 0 Å². The van der Waals surface area contributed by atoms with Gasteiger partial charge in [0.2, 0.25) is 17.8 Å². The molecule has 0 unspecified atom stereocenters. The summed E-state index contributed by atoms with van der Waals surface area (Å²) in [6, 6.07) is 0. The van der Waals surface area contributed by atoms with E-state index < -0.39 is 0 Å². The van der Waals surface area contributed by atoms with Crippen LogP contribution in [0.15, 0.2) is 0 Å². The fourth-order valence-corrected chi connectivity index (χ4v) is 2.41. The highest BCUT2D eigenvalue weighted by Crippen LogP contribution is 2.31. The van der Waals surface area contributed by atoms with E-state index in [-0.39, 0.29) is 0 Å².